The third-order valence-electron chi connectivity index (χ3n) is 2.19. The first-order valence-corrected chi connectivity index (χ1v) is 5.69. The van der Waals surface area contributed by atoms with Gasteiger partial charge in [0.25, 0.3) is 5.56 Å². The highest BCUT2D eigenvalue weighted by Gasteiger charge is 2.09. The molecule has 0 fully saturated rings. The third-order valence-corrected chi connectivity index (χ3v) is 2.53. The van der Waals surface area contributed by atoms with E-state index < -0.39 is 0 Å². The summed E-state index contributed by atoms with van der Waals surface area (Å²) in [5.41, 5.74) is -0.306. The smallest absolute Gasteiger partial charge is 0.271 e. The summed E-state index contributed by atoms with van der Waals surface area (Å²) in [7, 11) is 1.86. The molecule has 16 heavy (non-hydrogen) atoms. The highest BCUT2D eigenvalue weighted by molar-refractivity contribution is 6.32. The van der Waals surface area contributed by atoms with Gasteiger partial charge >= 0.3 is 0 Å². The van der Waals surface area contributed by atoms with Gasteiger partial charge in [-0.15, -0.1) is 0 Å². The van der Waals surface area contributed by atoms with Crippen LogP contribution in [0.25, 0.3) is 0 Å². The maximum absolute atomic E-state index is 11.3. The molecule has 0 radical (unpaired) electrons. The number of rotatable bonds is 6. The molecule has 0 saturated carbocycles. The van der Waals surface area contributed by atoms with Crippen LogP contribution >= 0.6 is 11.6 Å². The van der Waals surface area contributed by atoms with E-state index in [0.717, 1.165) is 26.1 Å². The van der Waals surface area contributed by atoms with Crippen molar-refractivity contribution in [1.29, 1.82) is 0 Å². The number of likely N-dealkylation sites (N-methyl/N-ethyl adjacent to an activating group) is 1. The Kier molecular flexibility index (Phi) is 5.28. The fourth-order valence-electron chi connectivity index (χ4n) is 1.29. The lowest BCUT2D eigenvalue weighted by Gasteiger charge is -2.18. The van der Waals surface area contributed by atoms with E-state index in [1.165, 1.54) is 6.33 Å². The number of anilines is 1. The van der Waals surface area contributed by atoms with E-state index in [2.05, 4.69) is 22.2 Å². The molecule has 0 amide bonds. The molecular weight excluding hydrogens is 228 g/mol. The maximum atomic E-state index is 11.3. The van der Waals surface area contributed by atoms with Crippen molar-refractivity contribution in [3.8, 4) is 0 Å². The normalized spacial score (nSPS) is 10.4. The number of aromatic amines is 1. The molecule has 0 atom stereocenters. The quantitative estimate of drug-likeness (QED) is 0.729. The summed E-state index contributed by atoms with van der Waals surface area (Å²) < 4.78 is 0. The largest absolute Gasteiger partial charge is 0.357 e. The summed E-state index contributed by atoms with van der Waals surface area (Å²) >= 11 is 5.86. The van der Waals surface area contributed by atoms with E-state index >= 15 is 0 Å². The molecule has 0 aliphatic heterocycles. The third kappa shape index (κ3) is 3.50. The van der Waals surface area contributed by atoms with Crippen molar-refractivity contribution >= 4 is 17.4 Å². The summed E-state index contributed by atoms with van der Waals surface area (Å²) in [5, 5.41) is 3.41. The van der Waals surface area contributed by atoms with Gasteiger partial charge in [0.2, 0.25) is 0 Å². The summed E-state index contributed by atoms with van der Waals surface area (Å²) in [4.78, 5) is 19.6. The lowest BCUT2D eigenvalue weighted by atomic mass is 10.4. The van der Waals surface area contributed by atoms with Crippen LogP contribution in [-0.2, 0) is 0 Å². The van der Waals surface area contributed by atoms with Crippen LogP contribution in [0.4, 0.5) is 5.82 Å². The molecule has 1 aromatic rings. The summed E-state index contributed by atoms with van der Waals surface area (Å²) in [5.74, 6) is 0.517. The zero-order valence-corrected chi connectivity index (χ0v) is 10.3. The van der Waals surface area contributed by atoms with Gasteiger partial charge in [0.05, 0.1) is 6.33 Å². The Morgan fingerprint density at radius 2 is 2.31 bits per heavy atom. The van der Waals surface area contributed by atoms with Crippen LogP contribution in [0.2, 0.25) is 5.02 Å². The minimum atomic E-state index is -0.306. The maximum Gasteiger partial charge on any atom is 0.271 e. The average Bonchev–Trinajstić information content (AvgIpc) is 2.28. The van der Waals surface area contributed by atoms with Crippen LogP contribution in [0.15, 0.2) is 11.1 Å². The molecule has 6 heteroatoms. The Morgan fingerprint density at radius 3 is 3.00 bits per heavy atom. The number of nitrogens with one attached hydrogen (secondary N) is 2. The van der Waals surface area contributed by atoms with Crippen molar-refractivity contribution < 1.29 is 0 Å². The highest BCUT2D eigenvalue weighted by atomic mass is 35.5. The molecule has 0 aliphatic rings. The minimum absolute atomic E-state index is 0.139. The van der Waals surface area contributed by atoms with Crippen LogP contribution in [0.1, 0.15) is 13.3 Å². The number of hydrogen-bond acceptors (Lipinski definition) is 4. The first kappa shape index (κ1) is 13.0. The lowest BCUT2D eigenvalue weighted by molar-refractivity contribution is 0.663. The molecule has 0 bridgehead atoms. The molecule has 0 spiro atoms. The molecule has 1 heterocycles. The molecule has 5 nitrogen and oxygen atoms in total. The van der Waals surface area contributed by atoms with Crippen molar-refractivity contribution in [2.45, 2.75) is 13.3 Å². The molecule has 0 aromatic carbocycles. The molecule has 2 N–H and O–H groups in total. The van der Waals surface area contributed by atoms with Gasteiger partial charge in [-0.05, 0) is 13.0 Å². The fourth-order valence-corrected chi connectivity index (χ4v) is 1.54. The van der Waals surface area contributed by atoms with Crippen LogP contribution in [0.5, 0.6) is 0 Å². The minimum Gasteiger partial charge on any atom is -0.357 e. The molecule has 0 unspecified atom stereocenters. The van der Waals surface area contributed by atoms with Crippen LogP contribution in [-0.4, -0.2) is 36.6 Å². The molecule has 90 valence electrons. The molecular formula is C10H17ClN4O. The number of aromatic nitrogens is 2. The lowest BCUT2D eigenvalue weighted by Crippen LogP contribution is -2.31. The Hall–Kier alpha value is -1.07. The summed E-state index contributed by atoms with van der Waals surface area (Å²) in [6, 6.07) is 0. The average molecular weight is 245 g/mol. The van der Waals surface area contributed by atoms with E-state index in [9.17, 15) is 4.79 Å². The number of H-pyrrole nitrogens is 1. The topological polar surface area (TPSA) is 61.0 Å². The van der Waals surface area contributed by atoms with Crippen molar-refractivity contribution in [2.24, 2.45) is 0 Å². The second-order valence-electron chi connectivity index (χ2n) is 3.54. The second-order valence-corrected chi connectivity index (χ2v) is 3.92. The standard InChI is InChI=1S/C10H17ClN4O/c1-3-4-12-5-6-15(2)9-8(11)10(16)14-7-13-9/h7,12H,3-6H2,1-2H3,(H,13,14,16). The van der Waals surface area contributed by atoms with Gasteiger partial charge < -0.3 is 15.2 Å². The molecule has 1 aromatic heterocycles. The molecule has 0 aliphatic carbocycles. The van der Waals surface area contributed by atoms with Crippen molar-refractivity contribution in [3.05, 3.63) is 21.7 Å². The summed E-state index contributed by atoms with van der Waals surface area (Å²) in [6.45, 7) is 4.71. The Balaban J connectivity index is 2.56. The SMILES string of the molecule is CCCNCCN(C)c1nc[nH]c(=O)c1Cl. The fraction of sp³-hybridized carbons (Fsp3) is 0.600. The Morgan fingerprint density at radius 1 is 1.56 bits per heavy atom. The van der Waals surface area contributed by atoms with E-state index in [-0.39, 0.29) is 10.6 Å². The van der Waals surface area contributed by atoms with Crippen molar-refractivity contribution in [1.82, 2.24) is 15.3 Å². The van der Waals surface area contributed by atoms with E-state index in [4.69, 9.17) is 11.6 Å². The zero-order valence-electron chi connectivity index (χ0n) is 9.59. The Labute approximate surface area is 99.8 Å². The van der Waals surface area contributed by atoms with E-state index in [0.29, 0.717) is 5.82 Å². The second kappa shape index (κ2) is 6.50. The van der Waals surface area contributed by atoms with Crippen LogP contribution < -0.4 is 15.8 Å². The molecule has 1 rings (SSSR count). The van der Waals surface area contributed by atoms with E-state index in [1.807, 2.05) is 11.9 Å². The van der Waals surface area contributed by atoms with Gasteiger partial charge in [0.1, 0.15) is 5.02 Å². The predicted octanol–water partition coefficient (Wildman–Crippen LogP) is 0.859. The Bertz CT molecular complexity index is 379. The van der Waals surface area contributed by atoms with Gasteiger partial charge in [0.15, 0.2) is 5.82 Å². The van der Waals surface area contributed by atoms with Gasteiger partial charge in [-0.3, -0.25) is 4.79 Å². The molecule has 0 saturated heterocycles. The number of nitrogens with zero attached hydrogens (tertiary/aromatic N) is 2. The van der Waals surface area contributed by atoms with Gasteiger partial charge in [0, 0.05) is 20.1 Å². The first-order chi connectivity index (χ1) is 7.66. The van der Waals surface area contributed by atoms with E-state index in [1.54, 1.807) is 0 Å². The monoisotopic (exact) mass is 244 g/mol. The van der Waals surface area contributed by atoms with Crippen LogP contribution in [0, 0.1) is 0 Å². The van der Waals surface area contributed by atoms with Crippen molar-refractivity contribution in [2.75, 3.05) is 31.6 Å². The zero-order chi connectivity index (χ0) is 12.0. The number of hydrogen-bond donors (Lipinski definition) is 2. The van der Waals surface area contributed by atoms with Crippen molar-refractivity contribution in [3.63, 3.8) is 0 Å². The van der Waals surface area contributed by atoms with Gasteiger partial charge in [-0.1, -0.05) is 18.5 Å². The van der Waals surface area contributed by atoms with Crippen LogP contribution in [0.3, 0.4) is 0 Å². The van der Waals surface area contributed by atoms with Gasteiger partial charge in [-0.25, -0.2) is 4.98 Å². The number of halogens is 1. The van der Waals surface area contributed by atoms with Gasteiger partial charge in [-0.2, -0.15) is 0 Å². The summed E-state index contributed by atoms with van der Waals surface area (Å²) in [6.07, 6.45) is 2.47. The first-order valence-electron chi connectivity index (χ1n) is 5.31. The predicted molar refractivity (Wildman–Crippen MR) is 66.3 cm³/mol. The highest BCUT2D eigenvalue weighted by Crippen LogP contribution is 2.15.